The van der Waals surface area contributed by atoms with Crippen molar-refractivity contribution in [1.82, 2.24) is 4.98 Å². The summed E-state index contributed by atoms with van der Waals surface area (Å²) in [6.45, 7) is 8.18. The summed E-state index contributed by atoms with van der Waals surface area (Å²) in [5.41, 5.74) is 2.40. The lowest BCUT2D eigenvalue weighted by Crippen LogP contribution is -2.41. The van der Waals surface area contributed by atoms with Crippen molar-refractivity contribution in [3.8, 4) is 0 Å². The molecule has 170 valence electrons. The molecule has 1 saturated heterocycles. The molecule has 4 rings (SSSR count). The van der Waals surface area contributed by atoms with E-state index in [0.717, 1.165) is 21.8 Å². The number of halogens is 1. The molecular formula is C25H26BFN2O3S. The van der Waals surface area contributed by atoms with E-state index in [1.165, 1.54) is 24.3 Å². The van der Waals surface area contributed by atoms with Crippen LogP contribution in [0.4, 0.5) is 10.1 Å². The maximum absolute atomic E-state index is 13.0. The molecule has 1 aromatic heterocycles. The molecule has 33 heavy (non-hydrogen) atoms. The van der Waals surface area contributed by atoms with Crippen molar-refractivity contribution in [3.05, 3.63) is 83.8 Å². The number of nitrogens with one attached hydrogen (secondary N) is 1. The molecule has 0 spiro atoms. The highest BCUT2D eigenvalue weighted by Crippen LogP contribution is 2.36. The quantitative estimate of drug-likeness (QED) is 0.408. The van der Waals surface area contributed by atoms with Crippen molar-refractivity contribution in [3.63, 3.8) is 0 Å². The van der Waals surface area contributed by atoms with Crippen LogP contribution in [0.3, 0.4) is 0 Å². The highest BCUT2D eigenvalue weighted by atomic mass is 32.2. The second-order valence-corrected chi connectivity index (χ2v) is 9.96. The Hall–Kier alpha value is -2.68. The van der Waals surface area contributed by atoms with Crippen LogP contribution in [0.5, 0.6) is 0 Å². The van der Waals surface area contributed by atoms with Gasteiger partial charge in [0.25, 0.3) is 5.91 Å². The fourth-order valence-electron chi connectivity index (χ4n) is 3.24. The third-order valence-electron chi connectivity index (χ3n) is 5.99. The monoisotopic (exact) mass is 464 g/mol. The van der Waals surface area contributed by atoms with E-state index in [2.05, 4.69) is 22.4 Å². The van der Waals surface area contributed by atoms with Gasteiger partial charge in [0, 0.05) is 17.6 Å². The first-order chi connectivity index (χ1) is 15.6. The minimum absolute atomic E-state index is 0.288. The van der Waals surface area contributed by atoms with Crippen molar-refractivity contribution < 1.29 is 18.5 Å². The number of benzene rings is 2. The van der Waals surface area contributed by atoms with Gasteiger partial charge in [-0.3, -0.25) is 4.79 Å². The number of hydrogen-bond acceptors (Lipinski definition) is 5. The molecule has 0 unspecified atom stereocenters. The molecule has 2 heterocycles. The number of amides is 1. The maximum Gasteiger partial charge on any atom is 0.494 e. The Morgan fingerprint density at radius 2 is 1.61 bits per heavy atom. The van der Waals surface area contributed by atoms with Gasteiger partial charge in [-0.2, -0.15) is 0 Å². The summed E-state index contributed by atoms with van der Waals surface area (Å²) in [6, 6.07) is 17.4. The van der Waals surface area contributed by atoms with Gasteiger partial charge < -0.3 is 14.6 Å². The van der Waals surface area contributed by atoms with Gasteiger partial charge in [-0.15, -0.1) is 11.8 Å². The van der Waals surface area contributed by atoms with Crippen molar-refractivity contribution in [2.45, 2.75) is 49.7 Å². The lowest BCUT2D eigenvalue weighted by atomic mass is 9.79. The molecule has 0 radical (unpaired) electrons. The van der Waals surface area contributed by atoms with Crippen LogP contribution in [0.25, 0.3) is 0 Å². The Kier molecular flexibility index (Phi) is 6.61. The van der Waals surface area contributed by atoms with Crippen LogP contribution in [-0.4, -0.2) is 29.2 Å². The van der Waals surface area contributed by atoms with Crippen LogP contribution in [-0.2, 0) is 15.1 Å². The van der Waals surface area contributed by atoms with Gasteiger partial charge in [-0.1, -0.05) is 24.3 Å². The van der Waals surface area contributed by atoms with Crippen LogP contribution in [0, 0.1) is 5.82 Å². The molecule has 1 amide bonds. The van der Waals surface area contributed by atoms with Crippen molar-refractivity contribution in [1.29, 1.82) is 0 Å². The van der Waals surface area contributed by atoms with Crippen LogP contribution < -0.4 is 10.8 Å². The Bertz CT molecular complexity index is 1100. The Balaban J connectivity index is 1.31. The average Bonchev–Trinajstić information content (AvgIpc) is 3.01. The molecule has 2 aromatic carbocycles. The van der Waals surface area contributed by atoms with E-state index < -0.39 is 0 Å². The molecule has 0 bridgehead atoms. The summed E-state index contributed by atoms with van der Waals surface area (Å²) in [5, 5.41) is 3.55. The number of carbonyl (C=O) groups excluding carboxylic acids is 1. The van der Waals surface area contributed by atoms with Gasteiger partial charge in [-0.25, -0.2) is 9.37 Å². The SMILES string of the molecule is CC1(C)OB(c2ccc(CSc3ccc(C(=O)Nc4ccc(F)cc4)cn3)cc2)OC1(C)C. The van der Waals surface area contributed by atoms with Crippen LogP contribution in [0.15, 0.2) is 71.9 Å². The van der Waals surface area contributed by atoms with Gasteiger partial charge in [0.1, 0.15) is 5.82 Å². The van der Waals surface area contributed by atoms with Gasteiger partial charge >= 0.3 is 7.12 Å². The topological polar surface area (TPSA) is 60.5 Å². The minimum Gasteiger partial charge on any atom is -0.399 e. The predicted octanol–water partition coefficient (Wildman–Crippen LogP) is 5.06. The van der Waals surface area contributed by atoms with E-state index in [1.54, 1.807) is 24.0 Å². The molecule has 5 nitrogen and oxygen atoms in total. The fraction of sp³-hybridized carbons (Fsp3) is 0.280. The third kappa shape index (κ3) is 5.46. The zero-order chi connectivity index (χ0) is 23.6. The van der Waals surface area contributed by atoms with E-state index in [1.807, 2.05) is 45.9 Å². The average molecular weight is 464 g/mol. The molecule has 0 aliphatic carbocycles. The Morgan fingerprint density at radius 1 is 0.970 bits per heavy atom. The van der Waals surface area contributed by atoms with E-state index in [4.69, 9.17) is 9.31 Å². The summed E-state index contributed by atoms with van der Waals surface area (Å²) in [4.78, 5) is 16.7. The molecule has 1 aliphatic rings. The van der Waals surface area contributed by atoms with Crippen molar-refractivity contribution in [2.75, 3.05) is 5.32 Å². The van der Waals surface area contributed by atoms with E-state index in [0.29, 0.717) is 11.3 Å². The first kappa shape index (κ1) is 23.5. The number of aromatic nitrogens is 1. The standard InChI is InChI=1S/C25H26BFN2O3S/c1-24(2)25(3,4)32-26(31-24)19-8-5-17(6-9-19)16-33-22-14-7-18(15-28-22)23(30)29-21-12-10-20(27)11-13-21/h5-15H,16H2,1-4H3,(H,29,30). The second-order valence-electron chi connectivity index (χ2n) is 8.96. The third-order valence-corrected chi connectivity index (χ3v) is 7.01. The normalized spacial score (nSPS) is 16.6. The molecule has 3 aromatic rings. The van der Waals surface area contributed by atoms with E-state index >= 15 is 0 Å². The molecule has 0 saturated carbocycles. The van der Waals surface area contributed by atoms with Gasteiger partial charge in [-0.05, 0) is 75.1 Å². The molecule has 0 atom stereocenters. The summed E-state index contributed by atoms with van der Waals surface area (Å²) in [7, 11) is -0.369. The number of rotatable bonds is 6. The van der Waals surface area contributed by atoms with Crippen LogP contribution in [0.2, 0.25) is 0 Å². The number of thioether (sulfide) groups is 1. The number of carbonyl (C=O) groups is 1. The Labute approximate surface area is 198 Å². The van der Waals surface area contributed by atoms with Crippen molar-refractivity contribution in [2.24, 2.45) is 0 Å². The number of anilines is 1. The van der Waals surface area contributed by atoms with Gasteiger partial charge in [0.05, 0.1) is 21.8 Å². The van der Waals surface area contributed by atoms with Crippen molar-refractivity contribution >= 4 is 35.9 Å². The largest absolute Gasteiger partial charge is 0.494 e. The lowest BCUT2D eigenvalue weighted by Gasteiger charge is -2.32. The second kappa shape index (κ2) is 9.29. The fourth-order valence-corrected chi connectivity index (χ4v) is 4.04. The van der Waals surface area contributed by atoms with Gasteiger partial charge in [0.2, 0.25) is 0 Å². The van der Waals surface area contributed by atoms with Gasteiger partial charge in [0.15, 0.2) is 0 Å². The summed E-state index contributed by atoms with van der Waals surface area (Å²) < 4.78 is 25.2. The number of hydrogen-bond donors (Lipinski definition) is 1. The van der Waals surface area contributed by atoms with E-state index in [-0.39, 0.29) is 30.0 Å². The molecule has 1 aliphatic heterocycles. The molecule has 8 heteroatoms. The van der Waals surface area contributed by atoms with Crippen LogP contribution in [0.1, 0.15) is 43.6 Å². The Morgan fingerprint density at radius 3 is 2.18 bits per heavy atom. The smallest absolute Gasteiger partial charge is 0.399 e. The van der Waals surface area contributed by atoms with Crippen LogP contribution >= 0.6 is 11.8 Å². The molecule has 1 N–H and O–H groups in total. The number of pyridine rings is 1. The first-order valence-electron chi connectivity index (χ1n) is 10.7. The highest BCUT2D eigenvalue weighted by Gasteiger charge is 2.51. The first-order valence-corrected chi connectivity index (χ1v) is 11.7. The van der Waals surface area contributed by atoms with E-state index in [9.17, 15) is 9.18 Å². The summed E-state index contributed by atoms with van der Waals surface area (Å²) in [6.07, 6.45) is 1.54. The number of nitrogens with zero attached hydrogens (tertiary/aromatic N) is 1. The molecule has 1 fully saturated rings. The maximum atomic E-state index is 13.0. The zero-order valence-electron chi connectivity index (χ0n) is 19.1. The minimum atomic E-state index is -0.369. The zero-order valence-corrected chi connectivity index (χ0v) is 19.9. The summed E-state index contributed by atoms with van der Waals surface area (Å²) in [5.74, 6) is 0.111. The summed E-state index contributed by atoms with van der Waals surface area (Å²) >= 11 is 1.59. The predicted molar refractivity (Wildman–Crippen MR) is 130 cm³/mol. The lowest BCUT2D eigenvalue weighted by molar-refractivity contribution is 0.00578. The molecular weight excluding hydrogens is 438 g/mol. The highest BCUT2D eigenvalue weighted by molar-refractivity contribution is 7.98.